The highest BCUT2D eigenvalue weighted by Gasteiger charge is 2.18. The van der Waals surface area contributed by atoms with Gasteiger partial charge in [0.15, 0.2) is 6.29 Å². The molecule has 1 fully saturated rings. The van der Waals surface area contributed by atoms with Gasteiger partial charge in [-0.05, 0) is 74.4 Å². The van der Waals surface area contributed by atoms with Crippen molar-refractivity contribution in [2.24, 2.45) is 19.9 Å². The van der Waals surface area contributed by atoms with Crippen LogP contribution in [0.4, 0.5) is 22.7 Å². The maximum absolute atomic E-state index is 11.1. The van der Waals surface area contributed by atoms with Gasteiger partial charge in [0.2, 0.25) is 0 Å². The highest BCUT2D eigenvalue weighted by molar-refractivity contribution is 7.89. The zero-order valence-corrected chi connectivity index (χ0v) is 43.6. The number of carbonyl (C=O) groups is 1. The van der Waals surface area contributed by atoms with Gasteiger partial charge in [0.1, 0.15) is 0 Å². The van der Waals surface area contributed by atoms with Gasteiger partial charge >= 0.3 is 0 Å². The molecular weight excluding hydrogens is 1090 g/mol. The second-order valence-electron chi connectivity index (χ2n) is 15.9. The van der Waals surface area contributed by atoms with Gasteiger partial charge in [-0.15, -0.1) is 0 Å². The Morgan fingerprint density at radius 2 is 1.16 bits per heavy atom. The quantitative estimate of drug-likeness (QED) is 0.0469. The van der Waals surface area contributed by atoms with Crippen LogP contribution < -0.4 is 10.7 Å². The predicted octanol–water partition coefficient (Wildman–Crippen LogP) is 11.9. The molecule has 9 aromatic rings. The number of sulfonamides is 1. The molecule has 1 aliphatic heterocycles. The molecule has 1 aliphatic rings. The number of nitrogens with zero attached hydrogens (tertiary/aromatic N) is 11. The number of aromatic amines is 1. The molecule has 0 atom stereocenters. The number of nitro benzene ring substituents is 4. The van der Waals surface area contributed by atoms with E-state index in [0.717, 1.165) is 24.5 Å². The van der Waals surface area contributed by atoms with Gasteiger partial charge in [-0.2, -0.15) is 20.1 Å². The molecule has 10 rings (SSSR count). The van der Waals surface area contributed by atoms with Crippen LogP contribution in [0.3, 0.4) is 0 Å². The molecule has 0 spiro atoms. The first-order chi connectivity index (χ1) is 37.9. The van der Waals surface area contributed by atoms with Crippen LogP contribution in [-0.4, -0.2) is 86.9 Å². The summed E-state index contributed by atoms with van der Waals surface area (Å²) >= 11 is 0. The molecule has 0 amide bonds. The smallest absolute Gasteiger partial charge is 0.279 e. The van der Waals surface area contributed by atoms with E-state index in [2.05, 4.69) is 32.0 Å². The average Bonchev–Trinajstić information content (AvgIpc) is 4.48. The molecular formula is C56H70N14O12S. The molecule has 0 radical (unpaired) electrons. The third-order valence-electron chi connectivity index (χ3n) is 10.5. The van der Waals surface area contributed by atoms with Gasteiger partial charge < -0.3 is 9.30 Å². The number of hydrogen-bond donors (Lipinski definition) is 3. The third kappa shape index (κ3) is 23.2. The molecule has 1 saturated heterocycles. The van der Waals surface area contributed by atoms with Crippen LogP contribution in [0.1, 0.15) is 58.5 Å². The first kappa shape index (κ1) is 72.8. The van der Waals surface area contributed by atoms with E-state index in [1.165, 1.54) is 61.4 Å². The minimum Gasteiger partial charge on any atom is -0.381 e. The molecule has 0 aliphatic carbocycles. The van der Waals surface area contributed by atoms with Gasteiger partial charge in [0, 0.05) is 88.8 Å². The lowest BCUT2D eigenvalue weighted by molar-refractivity contribution is -0.385. The fourth-order valence-corrected chi connectivity index (χ4v) is 7.22. The van der Waals surface area contributed by atoms with Crippen LogP contribution in [0.5, 0.6) is 0 Å². The van der Waals surface area contributed by atoms with Crippen molar-refractivity contribution in [3.63, 3.8) is 0 Å². The van der Waals surface area contributed by atoms with E-state index in [0.29, 0.717) is 34.4 Å². The Hall–Kier alpha value is -10.2. The molecule has 0 unspecified atom stereocenters. The molecule has 4 N–H and O–H groups in total. The zero-order chi connectivity index (χ0) is 57.7. The molecule has 0 bridgehead atoms. The number of hydrazine groups is 1. The molecule has 5 heterocycles. The second-order valence-corrected chi connectivity index (χ2v) is 17.6. The Morgan fingerprint density at radius 3 is 1.55 bits per heavy atom. The average molecular weight is 1160 g/mol. The van der Waals surface area contributed by atoms with Crippen LogP contribution >= 0.6 is 0 Å². The van der Waals surface area contributed by atoms with Crippen LogP contribution in [0.25, 0.3) is 40.0 Å². The van der Waals surface area contributed by atoms with Crippen LogP contribution in [-0.2, 0) is 28.9 Å². The highest BCUT2D eigenvalue weighted by atomic mass is 32.2. The van der Waals surface area contributed by atoms with E-state index < -0.39 is 24.8 Å². The minimum atomic E-state index is -3.49. The number of nitrogens with one attached hydrogen (secondary N) is 2. The lowest BCUT2D eigenvalue weighted by Gasteiger charge is -2.02. The first-order valence-electron chi connectivity index (χ1n) is 23.3. The summed E-state index contributed by atoms with van der Waals surface area (Å²) in [6.45, 7) is 7.41. The van der Waals surface area contributed by atoms with Crippen molar-refractivity contribution in [2.45, 2.75) is 54.4 Å². The maximum atomic E-state index is 11.1. The van der Waals surface area contributed by atoms with Crippen molar-refractivity contribution in [1.82, 2.24) is 44.1 Å². The highest BCUT2D eigenvalue weighted by Crippen LogP contribution is 2.30. The summed E-state index contributed by atoms with van der Waals surface area (Å²) in [6.07, 6.45) is 14.9. The third-order valence-corrected chi connectivity index (χ3v) is 11.7. The van der Waals surface area contributed by atoms with Gasteiger partial charge in [0.05, 0.1) is 70.3 Å². The number of H-pyrrole nitrogens is 1. The number of hydrogen-bond acceptors (Lipinski definition) is 17. The van der Waals surface area contributed by atoms with Crippen molar-refractivity contribution in [3.8, 4) is 33.8 Å². The topological polar surface area (TPSA) is 353 Å². The molecule has 4 aromatic heterocycles. The van der Waals surface area contributed by atoms with E-state index in [1.807, 2.05) is 13.1 Å². The summed E-state index contributed by atoms with van der Waals surface area (Å²) in [6, 6.07) is 37.2. The Balaban J connectivity index is 0.000000956. The normalized spacial score (nSPS) is 10.4. The standard InChI is InChI=1S/2C10H9N3O2.C9H7N3O2.C7H10N2O2S.C7H5NO3.C5H6N2.C4H8O.4CH4/c1-12-7-6-9(11-12)8-4-2-3-5-10(8)13(14)15;1-12-9(6-7-11-12)8-4-2-3-5-10(8)13(14)15;13-12(14)9-4-2-1-3-7(9)8-5-6-10-11-8;1-6-2-4-7(5-3-6)12(10,11)9-8;9-5-6-3-1-2-4-7(6)8(10)11;1-2-7-4-3-6-5-7;1-2-4-5-3-1;;;;/h2*2-7H,1H3;1-6H,(H,10,11);2-5,9H,8H2,1H3;1-5H;2-5H,1H2;1-4H2;4*1H4. The number of nitro groups is 4. The molecule has 0 saturated carbocycles. The van der Waals surface area contributed by atoms with Crippen molar-refractivity contribution in [1.29, 1.82) is 0 Å². The lowest BCUT2D eigenvalue weighted by Crippen LogP contribution is -2.30. The Bertz CT molecular complexity index is 3490. The Morgan fingerprint density at radius 1 is 0.651 bits per heavy atom. The number of benzene rings is 5. The number of aldehydes is 1. The van der Waals surface area contributed by atoms with Gasteiger partial charge in [-0.1, -0.05) is 103 Å². The van der Waals surface area contributed by atoms with Gasteiger partial charge in [-0.25, -0.2) is 13.4 Å². The number of ether oxygens (including phenoxy) is 1. The summed E-state index contributed by atoms with van der Waals surface area (Å²) < 4.78 is 32.1. The summed E-state index contributed by atoms with van der Waals surface area (Å²) in [4.78, 5) is 56.7. The number of aryl methyl sites for hydroxylation is 3. The van der Waals surface area contributed by atoms with Crippen molar-refractivity contribution >= 4 is 45.3 Å². The van der Waals surface area contributed by atoms with Crippen LogP contribution in [0.2, 0.25) is 0 Å². The number of carbonyl (C=O) groups excluding carboxylic acids is 1. The van der Waals surface area contributed by atoms with E-state index in [-0.39, 0.29) is 67.8 Å². The Labute approximate surface area is 481 Å². The number of imidazole rings is 1. The number of para-hydroxylation sites is 4. The van der Waals surface area contributed by atoms with E-state index >= 15 is 0 Å². The number of aromatic nitrogens is 8. The zero-order valence-electron chi connectivity index (χ0n) is 42.7. The minimum absolute atomic E-state index is 0. The Kier molecular flexibility index (Phi) is 33.0. The second kappa shape index (κ2) is 37.6. The van der Waals surface area contributed by atoms with Crippen LogP contribution in [0, 0.1) is 47.4 Å². The first-order valence-corrected chi connectivity index (χ1v) is 24.7. The SMILES string of the molecule is C.C.C.C.C1CCOC1.C=Cn1ccnc1.Cc1ccc(S(=O)(=O)NN)cc1.Cn1ccc(-c2ccccc2[N+](=O)[O-])n1.Cn1nccc1-c1ccccc1[N+](=O)[O-].O=Cc1ccccc1[N+](=O)[O-].O=[N+]([O-])c1ccccc1-c1ccn[nH]1. The fraction of sp³-hybridized carbons (Fsp3) is 0.196. The fourth-order valence-electron chi connectivity index (χ4n) is 6.59. The molecule has 27 heteroatoms. The predicted molar refractivity (Wildman–Crippen MR) is 321 cm³/mol. The van der Waals surface area contributed by atoms with Crippen LogP contribution in [0.15, 0.2) is 188 Å². The van der Waals surface area contributed by atoms with Crippen molar-refractivity contribution in [3.05, 3.63) is 235 Å². The molecule has 26 nitrogen and oxygen atoms in total. The molecule has 83 heavy (non-hydrogen) atoms. The van der Waals surface area contributed by atoms with E-state index in [1.54, 1.807) is 161 Å². The summed E-state index contributed by atoms with van der Waals surface area (Å²) in [7, 11) is 0.0449. The molecule has 5 aromatic carbocycles. The van der Waals surface area contributed by atoms with E-state index in [4.69, 9.17) is 10.6 Å². The molecule has 442 valence electrons. The monoisotopic (exact) mass is 1160 g/mol. The van der Waals surface area contributed by atoms with Gasteiger partial charge in [-0.3, -0.25) is 65.6 Å². The number of nitrogens with two attached hydrogens (primary N) is 1. The largest absolute Gasteiger partial charge is 0.381 e. The van der Waals surface area contributed by atoms with Crippen molar-refractivity contribution in [2.75, 3.05) is 13.2 Å². The van der Waals surface area contributed by atoms with Crippen molar-refractivity contribution < 1.29 is 37.6 Å². The summed E-state index contributed by atoms with van der Waals surface area (Å²) in [5.74, 6) is 4.84. The number of rotatable bonds is 11. The van der Waals surface area contributed by atoms with Gasteiger partial charge in [0.25, 0.3) is 32.8 Å². The lowest BCUT2D eigenvalue weighted by atomic mass is 10.1. The van der Waals surface area contributed by atoms with E-state index in [9.17, 15) is 53.7 Å². The maximum Gasteiger partial charge on any atom is 0.279 e. The summed E-state index contributed by atoms with van der Waals surface area (Å²) in [5, 5.41) is 57.1. The summed E-state index contributed by atoms with van der Waals surface area (Å²) in [5.41, 5.74) is 4.91.